The molecule has 2 rings (SSSR count). The van der Waals surface area contributed by atoms with Gasteiger partial charge in [0, 0.05) is 12.1 Å². The molecule has 1 aliphatic heterocycles. The summed E-state index contributed by atoms with van der Waals surface area (Å²) in [5.41, 5.74) is 3.49. The first-order valence-electron chi connectivity index (χ1n) is 4.89. The molecule has 1 heterocycles. The number of nitrogens with one attached hydrogen (secondary N) is 1. The highest BCUT2D eigenvalue weighted by Gasteiger charge is 2.41. The number of hydrogen-bond donors (Lipinski definition) is 1. The number of methoxy groups -OCH3 is 1. The van der Waals surface area contributed by atoms with Gasteiger partial charge in [-0.3, -0.25) is 0 Å². The van der Waals surface area contributed by atoms with E-state index in [1.54, 1.807) is 5.01 Å². The minimum Gasteiger partial charge on any atom is -0.452 e. The first-order valence-corrected chi connectivity index (χ1v) is 4.89. The third-order valence-corrected chi connectivity index (χ3v) is 3.14. The number of hydrogen-bond acceptors (Lipinski definition) is 3. The second kappa shape index (κ2) is 3.18. The van der Waals surface area contributed by atoms with Crippen LogP contribution in [0.5, 0.6) is 0 Å². The van der Waals surface area contributed by atoms with Crippen LogP contribution in [0.2, 0.25) is 0 Å². The molecule has 1 saturated heterocycles. The second-order valence-electron chi connectivity index (χ2n) is 3.97. The Morgan fingerprint density at radius 3 is 2.69 bits per heavy atom. The Labute approximate surface area is 78.2 Å². The molecule has 4 nitrogen and oxygen atoms in total. The van der Waals surface area contributed by atoms with E-state index < -0.39 is 0 Å². The predicted molar refractivity (Wildman–Crippen MR) is 48.1 cm³/mol. The molecule has 74 valence electrons. The summed E-state index contributed by atoms with van der Waals surface area (Å²) in [6, 6.07) is 0. The van der Waals surface area contributed by atoms with Gasteiger partial charge in [0.25, 0.3) is 0 Å². The maximum absolute atomic E-state index is 11.2. The lowest BCUT2D eigenvalue weighted by Crippen LogP contribution is -2.46. The maximum atomic E-state index is 11.2. The van der Waals surface area contributed by atoms with Crippen molar-refractivity contribution in [2.24, 2.45) is 0 Å². The number of carbonyl (C=O) groups excluding carboxylic acids is 1. The molecule has 0 atom stereocenters. The zero-order valence-corrected chi connectivity index (χ0v) is 8.01. The van der Waals surface area contributed by atoms with Crippen LogP contribution < -0.4 is 5.43 Å². The fraction of sp³-hybridized carbons (Fsp3) is 0.889. The lowest BCUT2D eigenvalue weighted by Gasteiger charge is -2.24. The highest BCUT2D eigenvalue weighted by atomic mass is 16.5. The summed E-state index contributed by atoms with van der Waals surface area (Å²) in [7, 11) is 1.42. The van der Waals surface area contributed by atoms with E-state index in [1.165, 1.54) is 32.8 Å². The smallest absolute Gasteiger partial charge is 0.423 e. The van der Waals surface area contributed by atoms with Crippen molar-refractivity contribution in [2.75, 3.05) is 13.7 Å². The zero-order valence-electron chi connectivity index (χ0n) is 8.01. The van der Waals surface area contributed by atoms with E-state index in [2.05, 4.69) is 10.2 Å². The van der Waals surface area contributed by atoms with Crippen molar-refractivity contribution >= 4 is 6.09 Å². The molecule has 0 radical (unpaired) electrons. The first kappa shape index (κ1) is 8.81. The van der Waals surface area contributed by atoms with Gasteiger partial charge in [-0.1, -0.05) is 12.8 Å². The predicted octanol–water partition coefficient (Wildman–Crippen LogP) is 1.28. The van der Waals surface area contributed by atoms with E-state index in [1.807, 2.05) is 0 Å². The minimum absolute atomic E-state index is 0.216. The van der Waals surface area contributed by atoms with Crippen molar-refractivity contribution in [3.63, 3.8) is 0 Å². The van der Waals surface area contributed by atoms with Crippen LogP contribution in [0.4, 0.5) is 4.79 Å². The monoisotopic (exact) mass is 184 g/mol. The van der Waals surface area contributed by atoms with Gasteiger partial charge in [-0.05, 0) is 19.3 Å². The average Bonchev–Trinajstić information content (AvgIpc) is 2.76. The molecule has 13 heavy (non-hydrogen) atoms. The van der Waals surface area contributed by atoms with Crippen molar-refractivity contribution in [3.05, 3.63) is 0 Å². The highest BCUT2D eigenvalue weighted by molar-refractivity contribution is 5.67. The number of nitrogens with zero attached hydrogens (tertiary/aromatic N) is 1. The van der Waals surface area contributed by atoms with Crippen LogP contribution in [0.15, 0.2) is 0 Å². The Kier molecular flexibility index (Phi) is 2.15. The van der Waals surface area contributed by atoms with E-state index >= 15 is 0 Å². The van der Waals surface area contributed by atoms with Crippen molar-refractivity contribution in [1.29, 1.82) is 0 Å². The fourth-order valence-corrected chi connectivity index (χ4v) is 2.38. The van der Waals surface area contributed by atoms with E-state index in [0.717, 1.165) is 13.0 Å². The van der Waals surface area contributed by atoms with Crippen LogP contribution in [-0.2, 0) is 4.74 Å². The molecule has 1 amide bonds. The number of carbonyl (C=O) groups is 1. The molecule has 0 aromatic heterocycles. The Morgan fingerprint density at radius 2 is 2.08 bits per heavy atom. The number of hydrazine groups is 1. The van der Waals surface area contributed by atoms with Crippen LogP contribution >= 0.6 is 0 Å². The Bertz CT molecular complexity index is 212. The topological polar surface area (TPSA) is 41.6 Å². The summed E-state index contributed by atoms with van der Waals surface area (Å²) < 4.78 is 4.66. The van der Waals surface area contributed by atoms with Crippen LogP contribution in [0.3, 0.4) is 0 Å². The van der Waals surface area contributed by atoms with Gasteiger partial charge in [0.05, 0.1) is 7.11 Å². The Morgan fingerprint density at radius 1 is 1.38 bits per heavy atom. The zero-order chi connectivity index (χ0) is 9.31. The summed E-state index contributed by atoms with van der Waals surface area (Å²) in [6.07, 6.45) is 5.76. The second-order valence-corrected chi connectivity index (χ2v) is 3.97. The van der Waals surface area contributed by atoms with Crippen molar-refractivity contribution in [1.82, 2.24) is 10.4 Å². The van der Waals surface area contributed by atoms with Gasteiger partial charge in [-0.2, -0.15) is 0 Å². The standard InChI is InChI=1S/C9H16N2O2/c1-13-8(12)11-7-6-9(10-11)4-2-3-5-9/h10H,2-7H2,1H3. The molecule has 2 fully saturated rings. The highest BCUT2D eigenvalue weighted by Crippen LogP contribution is 2.36. The van der Waals surface area contributed by atoms with Crippen molar-refractivity contribution in [2.45, 2.75) is 37.6 Å². The van der Waals surface area contributed by atoms with Gasteiger partial charge in [-0.15, -0.1) is 0 Å². The van der Waals surface area contributed by atoms with Gasteiger partial charge in [-0.25, -0.2) is 15.2 Å². The third-order valence-electron chi connectivity index (χ3n) is 3.14. The van der Waals surface area contributed by atoms with E-state index in [-0.39, 0.29) is 11.6 Å². The van der Waals surface area contributed by atoms with Crippen LogP contribution in [0.25, 0.3) is 0 Å². The lowest BCUT2D eigenvalue weighted by molar-refractivity contribution is 0.106. The van der Waals surface area contributed by atoms with Crippen molar-refractivity contribution < 1.29 is 9.53 Å². The molecular weight excluding hydrogens is 168 g/mol. The number of rotatable bonds is 0. The molecule has 4 heteroatoms. The summed E-state index contributed by atoms with van der Waals surface area (Å²) in [6.45, 7) is 0.784. The summed E-state index contributed by atoms with van der Waals surface area (Å²) in [5.74, 6) is 0. The Hall–Kier alpha value is -0.770. The fourth-order valence-electron chi connectivity index (χ4n) is 2.38. The lowest BCUT2D eigenvalue weighted by atomic mass is 9.96. The molecule has 0 bridgehead atoms. The molecule has 1 spiro atoms. The van der Waals surface area contributed by atoms with E-state index in [0.29, 0.717) is 0 Å². The molecule has 0 aromatic carbocycles. The maximum Gasteiger partial charge on any atom is 0.423 e. The molecule has 0 unspecified atom stereocenters. The SMILES string of the molecule is COC(=O)N1CCC2(CCCC2)N1. The molecule has 1 aliphatic carbocycles. The minimum atomic E-state index is -0.260. The van der Waals surface area contributed by atoms with Gasteiger partial charge >= 0.3 is 6.09 Å². The molecule has 1 saturated carbocycles. The van der Waals surface area contributed by atoms with Crippen molar-refractivity contribution in [3.8, 4) is 0 Å². The van der Waals surface area contributed by atoms with Gasteiger partial charge < -0.3 is 4.74 Å². The Balaban J connectivity index is 1.96. The van der Waals surface area contributed by atoms with E-state index in [4.69, 9.17) is 0 Å². The first-order chi connectivity index (χ1) is 6.26. The summed E-state index contributed by atoms with van der Waals surface area (Å²) in [5, 5.41) is 1.60. The molecule has 2 aliphatic rings. The molecule has 1 N–H and O–H groups in total. The van der Waals surface area contributed by atoms with Gasteiger partial charge in [0.15, 0.2) is 0 Å². The summed E-state index contributed by atoms with van der Waals surface area (Å²) >= 11 is 0. The molecule has 0 aromatic rings. The van der Waals surface area contributed by atoms with Crippen LogP contribution in [0, 0.1) is 0 Å². The largest absolute Gasteiger partial charge is 0.452 e. The van der Waals surface area contributed by atoms with Crippen LogP contribution in [0.1, 0.15) is 32.1 Å². The van der Waals surface area contributed by atoms with Gasteiger partial charge in [0.2, 0.25) is 0 Å². The quantitative estimate of drug-likeness (QED) is 0.616. The number of amides is 1. The average molecular weight is 184 g/mol. The van der Waals surface area contributed by atoms with Crippen LogP contribution in [-0.4, -0.2) is 30.3 Å². The van der Waals surface area contributed by atoms with Gasteiger partial charge in [0.1, 0.15) is 0 Å². The third kappa shape index (κ3) is 1.50. The normalized spacial score (nSPS) is 25.5. The summed E-state index contributed by atoms with van der Waals surface area (Å²) in [4.78, 5) is 11.2. The van der Waals surface area contributed by atoms with E-state index in [9.17, 15) is 4.79 Å². The number of ether oxygens (including phenoxy) is 1. The molecular formula is C9H16N2O2.